The number of carbonyl (C=O) groups excluding carboxylic acids is 2. The molecule has 1 saturated heterocycles. The van der Waals surface area contributed by atoms with Crippen LogP contribution in [0.1, 0.15) is 22.3 Å². The van der Waals surface area contributed by atoms with E-state index >= 15 is 0 Å². The van der Waals surface area contributed by atoms with E-state index in [2.05, 4.69) is 5.32 Å². The molecule has 0 aliphatic carbocycles. The van der Waals surface area contributed by atoms with E-state index in [4.69, 9.17) is 9.47 Å². The van der Waals surface area contributed by atoms with Gasteiger partial charge in [0, 0.05) is 0 Å². The summed E-state index contributed by atoms with van der Waals surface area (Å²) >= 11 is 0. The Morgan fingerprint density at radius 2 is 1.53 bits per heavy atom. The molecule has 1 fully saturated rings. The molecule has 1 atom stereocenters. The second-order valence-electron chi connectivity index (χ2n) is 7.83. The van der Waals surface area contributed by atoms with Gasteiger partial charge in [-0.25, -0.2) is 4.79 Å². The molecule has 0 radical (unpaired) electrons. The standard InChI is InChI=1S/C26H26N2O4/c1-18-9-10-21(17-19(18)2)26(20-7-5-4-6-8-20)24(29)28(25(30)27-26)15-16-32-23-13-11-22(31-3)12-14-23/h4-14,17H,15-16H2,1-3H3,(H,27,30)/t26-/m0/s1. The molecule has 1 N–H and O–H groups in total. The molecular formula is C26H26N2O4. The molecule has 6 nitrogen and oxygen atoms in total. The van der Waals surface area contributed by atoms with Crippen molar-refractivity contribution < 1.29 is 19.1 Å². The predicted octanol–water partition coefficient (Wildman–Crippen LogP) is 4.19. The number of ether oxygens (including phenoxy) is 2. The molecule has 1 aliphatic rings. The maximum Gasteiger partial charge on any atom is 0.325 e. The minimum Gasteiger partial charge on any atom is -0.497 e. The molecule has 3 amide bonds. The first-order chi connectivity index (χ1) is 15.5. The number of methoxy groups -OCH3 is 1. The molecule has 1 heterocycles. The van der Waals surface area contributed by atoms with Gasteiger partial charge in [-0.1, -0.05) is 48.5 Å². The summed E-state index contributed by atoms with van der Waals surface area (Å²) in [4.78, 5) is 27.9. The van der Waals surface area contributed by atoms with Crippen molar-refractivity contribution in [2.75, 3.05) is 20.3 Å². The largest absolute Gasteiger partial charge is 0.497 e. The number of nitrogens with one attached hydrogen (secondary N) is 1. The Bertz CT molecular complexity index is 1130. The van der Waals surface area contributed by atoms with Gasteiger partial charge in [0.2, 0.25) is 0 Å². The highest BCUT2D eigenvalue weighted by Crippen LogP contribution is 2.36. The highest BCUT2D eigenvalue weighted by molar-refractivity contribution is 6.09. The lowest BCUT2D eigenvalue weighted by Gasteiger charge is -2.28. The van der Waals surface area contributed by atoms with Crippen LogP contribution in [-0.2, 0) is 10.3 Å². The van der Waals surface area contributed by atoms with Gasteiger partial charge < -0.3 is 14.8 Å². The summed E-state index contributed by atoms with van der Waals surface area (Å²) in [6.45, 7) is 4.34. The van der Waals surface area contributed by atoms with Gasteiger partial charge in [0.1, 0.15) is 18.1 Å². The van der Waals surface area contributed by atoms with E-state index in [1.807, 2.05) is 62.4 Å². The first-order valence-electron chi connectivity index (χ1n) is 10.5. The van der Waals surface area contributed by atoms with Crippen LogP contribution in [-0.4, -0.2) is 37.1 Å². The lowest BCUT2D eigenvalue weighted by atomic mass is 9.81. The average molecular weight is 431 g/mol. The molecule has 0 saturated carbocycles. The normalized spacial score (nSPS) is 17.9. The highest BCUT2D eigenvalue weighted by Gasteiger charge is 2.53. The van der Waals surface area contributed by atoms with Crippen molar-refractivity contribution in [1.29, 1.82) is 0 Å². The Kier molecular flexibility index (Phi) is 5.86. The van der Waals surface area contributed by atoms with Gasteiger partial charge in [0.05, 0.1) is 13.7 Å². The molecule has 0 bridgehead atoms. The average Bonchev–Trinajstić information content (AvgIpc) is 3.07. The summed E-state index contributed by atoms with van der Waals surface area (Å²) in [6.07, 6.45) is 0. The van der Waals surface area contributed by atoms with E-state index in [1.165, 1.54) is 4.90 Å². The number of rotatable bonds is 7. The maximum absolute atomic E-state index is 13.7. The van der Waals surface area contributed by atoms with Crippen LogP contribution in [0.2, 0.25) is 0 Å². The monoisotopic (exact) mass is 430 g/mol. The number of benzene rings is 3. The van der Waals surface area contributed by atoms with Crippen LogP contribution in [0, 0.1) is 13.8 Å². The fourth-order valence-corrected chi connectivity index (χ4v) is 3.93. The van der Waals surface area contributed by atoms with E-state index in [1.54, 1.807) is 31.4 Å². The van der Waals surface area contributed by atoms with Crippen molar-refractivity contribution in [1.82, 2.24) is 10.2 Å². The van der Waals surface area contributed by atoms with Crippen LogP contribution in [0.5, 0.6) is 11.5 Å². The number of urea groups is 1. The van der Waals surface area contributed by atoms with Crippen molar-refractivity contribution in [2.45, 2.75) is 19.4 Å². The summed E-state index contributed by atoms with van der Waals surface area (Å²) in [5.74, 6) is 1.06. The zero-order chi connectivity index (χ0) is 22.7. The number of imide groups is 1. The number of amides is 3. The Labute approximate surface area is 187 Å². The molecule has 0 spiro atoms. The third kappa shape index (κ3) is 3.80. The van der Waals surface area contributed by atoms with Crippen LogP contribution in [0.15, 0.2) is 72.8 Å². The van der Waals surface area contributed by atoms with Crippen LogP contribution < -0.4 is 14.8 Å². The van der Waals surface area contributed by atoms with Crippen molar-refractivity contribution in [3.8, 4) is 11.5 Å². The van der Waals surface area contributed by atoms with Crippen molar-refractivity contribution in [3.05, 3.63) is 95.1 Å². The molecule has 3 aromatic carbocycles. The molecule has 0 aromatic heterocycles. The van der Waals surface area contributed by atoms with Crippen molar-refractivity contribution in [2.24, 2.45) is 0 Å². The third-order valence-electron chi connectivity index (χ3n) is 5.90. The number of aryl methyl sites for hydroxylation is 2. The van der Waals surface area contributed by atoms with E-state index in [0.29, 0.717) is 5.75 Å². The Morgan fingerprint density at radius 1 is 0.844 bits per heavy atom. The number of hydrogen-bond donors (Lipinski definition) is 1. The van der Waals surface area contributed by atoms with Crippen molar-refractivity contribution in [3.63, 3.8) is 0 Å². The fraction of sp³-hybridized carbons (Fsp3) is 0.231. The zero-order valence-corrected chi connectivity index (χ0v) is 18.4. The van der Waals surface area contributed by atoms with E-state index < -0.39 is 11.6 Å². The minimum atomic E-state index is -1.27. The topological polar surface area (TPSA) is 67.9 Å². The molecule has 164 valence electrons. The fourth-order valence-electron chi connectivity index (χ4n) is 3.93. The molecule has 32 heavy (non-hydrogen) atoms. The lowest BCUT2D eigenvalue weighted by molar-refractivity contribution is -0.130. The number of hydrogen-bond acceptors (Lipinski definition) is 4. The van der Waals surface area contributed by atoms with Crippen LogP contribution in [0.25, 0.3) is 0 Å². The SMILES string of the molecule is COc1ccc(OCCN2C(=O)N[C@@](c3ccccc3)(c3ccc(C)c(C)c3)C2=O)cc1. The molecule has 1 aliphatic heterocycles. The van der Waals surface area contributed by atoms with Gasteiger partial charge in [-0.3, -0.25) is 9.69 Å². The van der Waals surface area contributed by atoms with Gasteiger partial charge >= 0.3 is 6.03 Å². The van der Waals surface area contributed by atoms with E-state index in [0.717, 1.165) is 28.0 Å². The quantitative estimate of drug-likeness (QED) is 0.571. The summed E-state index contributed by atoms with van der Waals surface area (Å²) < 4.78 is 10.9. The first-order valence-corrected chi connectivity index (χ1v) is 10.5. The van der Waals surface area contributed by atoms with E-state index in [9.17, 15) is 9.59 Å². The lowest BCUT2D eigenvalue weighted by Crippen LogP contribution is -2.45. The third-order valence-corrected chi connectivity index (χ3v) is 5.90. The summed E-state index contributed by atoms with van der Waals surface area (Å²) in [5.41, 5.74) is 2.38. The maximum atomic E-state index is 13.7. The molecule has 6 heteroatoms. The van der Waals surface area contributed by atoms with Gasteiger partial charge in [-0.2, -0.15) is 0 Å². The van der Waals surface area contributed by atoms with Gasteiger partial charge in [0.25, 0.3) is 5.91 Å². The van der Waals surface area contributed by atoms with Gasteiger partial charge in [-0.05, 0) is 60.4 Å². The van der Waals surface area contributed by atoms with Gasteiger partial charge in [0.15, 0.2) is 5.54 Å². The van der Waals surface area contributed by atoms with E-state index in [-0.39, 0.29) is 19.1 Å². The number of carbonyl (C=O) groups is 2. The van der Waals surface area contributed by atoms with Crippen LogP contribution in [0.4, 0.5) is 4.79 Å². The molecular weight excluding hydrogens is 404 g/mol. The second-order valence-corrected chi connectivity index (χ2v) is 7.83. The molecule has 3 aromatic rings. The number of nitrogens with zero attached hydrogens (tertiary/aromatic N) is 1. The van der Waals surface area contributed by atoms with Crippen LogP contribution >= 0.6 is 0 Å². The predicted molar refractivity (Wildman–Crippen MR) is 122 cm³/mol. The minimum absolute atomic E-state index is 0.135. The Hall–Kier alpha value is -3.80. The zero-order valence-electron chi connectivity index (χ0n) is 18.4. The molecule has 4 rings (SSSR count). The summed E-state index contributed by atoms with van der Waals surface area (Å²) in [7, 11) is 1.60. The van der Waals surface area contributed by atoms with Gasteiger partial charge in [-0.15, -0.1) is 0 Å². The first kappa shape index (κ1) is 21.4. The highest BCUT2D eigenvalue weighted by atomic mass is 16.5. The summed E-state index contributed by atoms with van der Waals surface area (Å²) in [6, 6.07) is 21.9. The Morgan fingerprint density at radius 3 is 2.19 bits per heavy atom. The Balaban J connectivity index is 1.60. The summed E-state index contributed by atoms with van der Waals surface area (Å²) in [5, 5.41) is 2.98. The van der Waals surface area contributed by atoms with Crippen LogP contribution in [0.3, 0.4) is 0 Å². The second kappa shape index (κ2) is 8.75. The van der Waals surface area contributed by atoms with Crippen molar-refractivity contribution >= 4 is 11.9 Å². The molecule has 0 unspecified atom stereocenters. The smallest absolute Gasteiger partial charge is 0.325 e.